The predicted molar refractivity (Wildman–Crippen MR) is 123 cm³/mol. The average molecular weight is 482 g/mol. The van der Waals surface area contributed by atoms with Gasteiger partial charge < -0.3 is 9.52 Å². The van der Waals surface area contributed by atoms with Crippen molar-refractivity contribution in [2.75, 3.05) is 4.90 Å². The minimum Gasteiger partial charge on any atom is -0.503 e. The molecule has 1 amide bonds. The number of benzene rings is 3. The number of fused-ring (bicyclic) bond motifs is 1. The van der Waals surface area contributed by atoms with Gasteiger partial charge in [0.15, 0.2) is 11.5 Å². The number of ketones is 1. The number of rotatable bonds is 4. The van der Waals surface area contributed by atoms with E-state index < -0.39 is 29.3 Å². The van der Waals surface area contributed by atoms with Crippen LogP contribution in [0.25, 0.3) is 11.0 Å². The monoisotopic (exact) mass is 481 g/mol. The highest BCUT2D eigenvalue weighted by molar-refractivity contribution is 6.42. The molecule has 0 fully saturated rings. The van der Waals surface area contributed by atoms with Gasteiger partial charge in [-0.1, -0.05) is 53.5 Å². The zero-order valence-corrected chi connectivity index (χ0v) is 18.3. The van der Waals surface area contributed by atoms with Gasteiger partial charge in [-0.25, -0.2) is 4.39 Å². The summed E-state index contributed by atoms with van der Waals surface area (Å²) in [6, 6.07) is 17.4. The van der Waals surface area contributed by atoms with E-state index in [1.54, 1.807) is 36.4 Å². The van der Waals surface area contributed by atoms with Crippen LogP contribution in [0.15, 0.2) is 88.5 Å². The minimum atomic E-state index is -1.09. The number of halogens is 3. The highest BCUT2D eigenvalue weighted by Gasteiger charge is 2.45. The SMILES string of the molecule is O=C(C1=C(O)C(=O)N(c2cccc(F)c2)C1c1ccc(Cl)c(Cl)c1)c1cc2ccccc2o1. The predicted octanol–water partition coefficient (Wildman–Crippen LogP) is 6.66. The molecule has 0 saturated heterocycles. The van der Waals surface area contributed by atoms with E-state index in [1.807, 2.05) is 0 Å². The molecule has 0 saturated carbocycles. The number of aliphatic hydroxyl groups is 1. The van der Waals surface area contributed by atoms with E-state index >= 15 is 0 Å². The molecule has 4 aromatic rings. The molecule has 3 aromatic carbocycles. The Hall–Kier alpha value is -3.61. The maximum absolute atomic E-state index is 14.0. The van der Waals surface area contributed by atoms with Crippen LogP contribution in [0.3, 0.4) is 0 Å². The second-order valence-electron chi connectivity index (χ2n) is 7.47. The first-order valence-electron chi connectivity index (χ1n) is 9.85. The van der Waals surface area contributed by atoms with Gasteiger partial charge in [-0.05, 0) is 48.0 Å². The summed E-state index contributed by atoms with van der Waals surface area (Å²) in [6.45, 7) is 0. The maximum atomic E-state index is 14.0. The van der Waals surface area contributed by atoms with Crippen molar-refractivity contribution in [2.45, 2.75) is 6.04 Å². The molecule has 33 heavy (non-hydrogen) atoms. The van der Waals surface area contributed by atoms with Crippen LogP contribution in [-0.4, -0.2) is 16.8 Å². The first-order valence-corrected chi connectivity index (χ1v) is 10.6. The quantitative estimate of drug-likeness (QED) is 0.330. The zero-order valence-electron chi connectivity index (χ0n) is 16.8. The first kappa shape index (κ1) is 21.2. The molecule has 164 valence electrons. The van der Waals surface area contributed by atoms with Crippen LogP contribution in [0.1, 0.15) is 22.2 Å². The lowest BCUT2D eigenvalue weighted by molar-refractivity contribution is -0.117. The van der Waals surface area contributed by atoms with Crippen molar-refractivity contribution in [1.29, 1.82) is 0 Å². The first-order chi connectivity index (χ1) is 15.8. The number of Topliss-reactive ketones (excluding diaryl/α,β-unsaturated/α-hetero) is 1. The third-order valence-electron chi connectivity index (χ3n) is 5.45. The van der Waals surface area contributed by atoms with E-state index in [9.17, 15) is 19.1 Å². The molecule has 1 aliphatic rings. The lowest BCUT2D eigenvalue weighted by Gasteiger charge is -2.27. The van der Waals surface area contributed by atoms with Crippen molar-refractivity contribution in [1.82, 2.24) is 0 Å². The Morgan fingerprint density at radius 2 is 1.76 bits per heavy atom. The average Bonchev–Trinajstić information content (AvgIpc) is 3.34. The molecule has 0 aliphatic carbocycles. The summed E-state index contributed by atoms with van der Waals surface area (Å²) in [5.74, 6) is -2.90. The van der Waals surface area contributed by atoms with E-state index in [0.29, 0.717) is 16.5 Å². The summed E-state index contributed by atoms with van der Waals surface area (Å²) in [6.07, 6.45) is 0. The molecule has 0 spiro atoms. The summed E-state index contributed by atoms with van der Waals surface area (Å²) in [4.78, 5) is 27.8. The molecule has 0 bridgehead atoms. The summed E-state index contributed by atoms with van der Waals surface area (Å²) < 4.78 is 19.7. The highest BCUT2D eigenvalue weighted by atomic mass is 35.5. The highest BCUT2D eigenvalue weighted by Crippen LogP contribution is 2.43. The molecule has 1 aliphatic heterocycles. The summed E-state index contributed by atoms with van der Waals surface area (Å²) in [7, 11) is 0. The van der Waals surface area contributed by atoms with Crippen LogP contribution in [0.2, 0.25) is 10.0 Å². The van der Waals surface area contributed by atoms with Crippen LogP contribution in [0.5, 0.6) is 0 Å². The molecule has 2 heterocycles. The van der Waals surface area contributed by atoms with Gasteiger partial charge >= 0.3 is 0 Å². The topological polar surface area (TPSA) is 70.8 Å². The van der Waals surface area contributed by atoms with Crippen molar-refractivity contribution in [3.63, 3.8) is 0 Å². The van der Waals surface area contributed by atoms with E-state index in [1.165, 1.54) is 30.3 Å². The van der Waals surface area contributed by atoms with Crippen molar-refractivity contribution < 1.29 is 23.5 Å². The van der Waals surface area contributed by atoms with Crippen LogP contribution in [0, 0.1) is 5.82 Å². The van der Waals surface area contributed by atoms with Gasteiger partial charge in [0.2, 0.25) is 5.78 Å². The largest absolute Gasteiger partial charge is 0.503 e. The number of anilines is 1. The molecule has 0 radical (unpaired) electrons. The third-order valence-corrected chi connectivity index (χ3v) is 6.19. The lowest BCUT2D eigenvalue weighted by Crippen LogP contribution is -2.31. The molecule has 5 nitrogen and oxygen atoms in total. The van der Waals surface area contributed by atoms with Gasteiger partial charge in [-0.2, -0.15) is 0 Å². The molecule has 1 aromatic heterocycles. The van der Waals surface area contributed by atoms with Crippen molar-refractivity contribution in [3.8, 4) is 0 Å². The third kappa shape index (κ3) is 3.57. The second kappa shape index (κ2) is 8.06. The normalized spacial score (nSPS) is 16.2. The van der Waals surface area contributed by atoms with Crippen LogP contribution in [-0.2, 0) is 4.79 Å². The van der Waals surface area contributed by atoms with Gasteiger partial charge in [-0.15, -0.1) is 0 Å². The molecule has 1 unspecified atom stereocenters. The smallest absolute Gasteiger partial charge is 0.294 e. The number of amides is 1. The Morgan fingerprint density at radius 1 is 0.970 bits per heavy atom. The Balaban J connectivity index is 1.69. The van der Waals surface area contributed by atoms with E-state index in [4.69, 9.17) is 27.6 Å². The summed E-state index contributed by atoms with van der Waals surface area (Å²) >= 11 is 12.3. The minimum absolute atomic E-state index is 0.0447. The van der Waals surface area contributed by atoms with Crippen LogP contribution < -0.4 is 4.90 Å². The van der Waals surface area contributed by atoms with Crippen LogP contribution >= 0.6 is 23.2 Å². The fourth-order valence-corrected chi connectivity index (χ4v) is 4.26. The Labute approximate surface area is 197 Å². The standard InChI is InChI=1S/C25H14Cl2FNO4/c26-17-9-8-14(10-18(17)27)22-21(23(30)20-11-13-4-1-2-7-19(13)33-20)24(31)25(32)29(22)16-6-3-5-15(28)12-16/h1-12,22,31H. The molecular weight excluding hydrogens is 468 g/mol. The van der Waals surface area contributed by atoms with Crippen molar-refractivity contribution in [3.05, 3.63) is 111 Å². The molecule has 8 heteroatoms. The van der Waals surface area contributed by atoms with Gasteiger partial charge in [0, 0.05) is 11.1 Å². The zero-order chi connectivity index (χ0) is 23.3. The van der Waals surface area contributed by atoms with E-state index in [2.05, 4.69) is 0 Å². The van der Waals surface area contributed by atoms with Gasteiger partial charge in [0.25, 0.3) is 5.91 Å². The number of hydrogen-bond donors (Lipinski definition) is 1. The maximum Gasteiger partial charge on any atom is 0.294 e. The van der Waals surface area contributed by atoms with Gasteiger partial charge in [0.1, 0.15) is 11.4 Å². The molecular formula is C25H14Cl2FNO4. The molecule has 1 N–H and O–H groups in total. The number of aliphatic hydroxyl groups excluding tert-OH is 1. The van der Waals surface area contributed by atoms with E-state index in [-0.39, 0.29) is 27.1 Å². The number of carbonyl (C=O) groups excluding carboxylic acids is 2. The summed E-state index contributed by atoms with van der Waals surface area (Å²) in [5.41, 5.74) is 0.848. The Kier molecular flexibility index (Phi) is 5.19. The lowest BCUT2D eigenvalue weighted by atomic mass is 9.94. The van der Waals surface area contributed by atoms with Crippen molar-refractivity contribution >= 4 is 51.5 Å². The second-order valence-corrected chi connectivity index (χ2v) is 8.29. The van der Waals surface area contributed by atoms with Gasteiger partial charge in [-0.3, -0.25) is 14.5 Å². The number of carbonyl (C=O) groups is 2. The Bertz CT molecular complexity index is 1440. The van der Waals surface area contributed by atoms with Crippen molar-refractivity contribution in [2.24, 2.45) is 0 Å². The number of hydrogen-bond acceptors (Lipinski definition) is 4. The van der Waals surface area contributed by atoms with E-state index in [0.717, 1.165) is 11.0 Å². The fourth-order valence-electron chi connectivity index (χ4n) is 3.95. The number of para-hydroxylation sites is 1. The molecule has 5 rings (SSSR count). The van der Waals surface area contributed by atoms with Gasteiger partial charge in [0.05, 0.1) is 21.7 Å². The van der Waals surface area contributed by atoms with Crippen LogP contribution in [0.4, 0.5) is 10.1 Å². The summed E-state index contributed by atoms with van der Waals surface area (Å²) in [5, 5.41) is 12.0. The Morgan fingerprint density at radius 3 is 2.48 bits per heavy atom. The number of nitrogens with zero attached hydrogens (tertiary/aromatic N) is 1. The number of furan rings is 1. The fraction of sp³-hybridized carbons (Fsp3) is 0.0400. The molecule has 1 atom stereocenters.